The summed E-state index contributed by atoms with van der Waals surface area (Å²) in [5, 5.41) is 10.5. The standard InChI is InChI=1S/C14H24N2OS2/c1-4-5-11-12(10-17)19-13(15-11)16-7-6-14(2,3)18-9-8-16/h17H,4-10H2,1-3H3. The lowest BCUT2D eigenvalue weighted by Gasteiger charge is -2.22. The normalized spacial score (nSPS) is 19.5. The van der Waals surface area contributed by atoms with E-state index in [9.17, 15) is 5.11 Å². The summed E-state index contributed by atoms with van der Waals surface area (Å²) < 4.78 is 0.373. The van der Waals surface area contributed by atoms with Gasteiger partial charge in [-0.1, -0.05) is 38.5 Å². The number of aromatic nitrogens is 1. The van der Waals surface area contributed by atoms with Crippen molar-refractivity contribution < 1.29 is 5.11 Å². The number of thiazole rings is 1. The van der Waals surface area contributed by atoms with Crippen molar-refractivity contribution in [3.05, 3.63) is 10.6 Å². The van der Waals surface area contributed by atoms with E-state index in [4.69, 9.17) is 4.98 Å². The highest BCUT2D eigenvalue weighted by molar-refractivity contribution is 8.00. The lowest BCUT2D eigenvalue weighted by atomic mass is 10.1. The highest BCUT2D eigenvalue weighted by Crippen LogP contribution is 2.34. The molecule has 0 spiro atoms. The predicted molar refractivity (Wildman–Crippen MR) is 85.4 cm³/mol. The third-order valence-corrected chi connectivity index (χ3v) is 6.02. The third kappa shape index (κ3) is 3.86. The van der Waals surface area contributed by atoms with Gasteiger partial charge in [-0.3, -0.25) is 0 Å². The van der Waals surface area contributed by atoms with Crippen LogP contribution in [0.15, 0.2) is 0 Å². The number of aliphatic hydroxyl groups excluding tert-OH is 1. The summed E-state index contributed by atoms with van der Waals surface area (Å²) in [5.74, 6) is 1.16. The Morgan fingerprint density at radius 3 is 2.84 bits per heavy atom. The van der Waals surface area contributed by atoms with Crippen LogP contribution in [-0.2, 0) is 13.0 Å². The molecule has 5 heteroatoms. The Bertz CT molecular complexity index is 418. The molecular weight excluding hydrogens is 276 g/mol. The van der Waals surface area contributed by atoms with Crippen LogP contribution in [0.25, 0.3) is 0 Å². The number of anilines is 1. The minimum absolute atomic E-state index is 0.126. The van der Waals surface area contributed by atoms with E-state index in [0.29, 0.717) is 4.75 Å². The molecule has 1 fully saturated rings. The molecule has 0 radical (unpaired) electrons. The van der Waals surface area contributed by atoms with Crippen LogP contribution in [0, 0.1) is 0 Å². The second-order valence-corrected chi connectivity index (χ2v) is 8.48. The van der Waals surface area contributed by atoms with Gasteiger partial charge >= 0.3 is 0 Å². The molecule has 3 nitrogen and oxygen atoms in total. The van der Waals surface area contributed by atoms with Gasteiger partial charge in [0.1, 0.15) is 0 Å². The van der Waals surface area contributed by atoms with Crippen molar-refractivity contribution in [3.8, 4) is 0 Å². The second kappa shape index (κ2) is 6.46. The Balaban J connectivity index is 2.12. The van der Waals surface area contributed by atoms with E-state index in [1.165, 1.54) is 6.42 Å². The number of aryl methyl sites for hydroxylation is 1. The maximum absolute atomic E-state index is 9.44. The summed E-state index contributed by atoms with van der Waals surface area (Å²) in [5.41, 5.74) is 1.10. The molecule has 2 rings (SSSR count). The molecule has 1 saturated heterocycles. The molecule has 19 heavy (non-hydrogen) atoms. The first-order valence-corrected chi connectivity index (χ1v) is 8.84. The van der Waals surface area contributed by atoms with Crippen LogP contribution in [0.5, 0.6) is 0 Å². The lowest BCUT2D eigenvalue weighted by molar-refractivity contribution is 0.284. The van der Waals surface area contributed by atoms with Crippen LogP contribution >= 0.6 is 23.1 Å². The summed E-state index contributed by atoms with van der Waals surface area (Å²) in [4.78, 5) is 8.20. The quantitative estimate of drug-likeness (QED) is 0.925. The Morgan fingerprint density at radius 1 is 1.37 bits per heavy atom. The van der Waals surface area contributed by atoms with Gasteiger partial charge in [0.25, 0.3) is 0 Å². The maximum Gasteiger partial charge on any atom is 0.185 e. The van der Waals surface area contributed by atoms with Crippen molar-refractivity contribution in [3.63, 3.8) is 0 Å². The van der Waals surface area contributed by atoms with Crippen molar-refractivity contribution >= 4 is 28.2 Å². The van der Waals surface area contributed by atoms with Crippen molar-refractivity contribution in [1.82, 2.24) is 4.98 Å². The average Bonchev–Trinajstić information content (AvgIpc) is 2.67. The molecule has 0 aromatic carbocycles. The van der Waals surface area contributed by atoms with E-state index in [0.717, 1.165) is 47.4 Å². The molecule has 108 valence electrons. The van der Waals surface area contributed by atoms with Crippen LogP contribution in [0.1, 0.15) is 44.2 Å². The van der Waals surface area contributed by atoms with E-state index in [-0.39, 0.29) is 6.61 Å². The minimum atomic E-state index is 0.126. The van der Waals surface area contributed by atoms with E-state index in [1.54, 1.807) is 11.3 Å². The van der Waals surface area contributed by atoms with Crippen molar-refractivity contribution in [2.75, 3.05) is 23.7 Å². The molecule has 0 saturated carbocycles. The van der Waals surface area contributed by atoms with Gasteiger partial charge < -0.3 is 10.0 Å². The van der Waals surface area contributed by atoms with Gasteiger partial charge in [0, 0.05) is 23.6 Å². The molecule has 0 bridgehead atoms. The van der Waals surface area contributed by atoms with Crippen LogP contribution in [0.2, 0.25) is 0 Å². The molecule has 0 atom stereocenters. The molecule has 1 aliphatic heterocycles. The number of hydrogen-bond donors (Lipinski definition) is 1. The number of nitrogens with zero attached hydrogens (tertiary/aromatic N) is 2. The van der Waals surface area contributed by atoms with Gasteiger partial charge in [0.2, 0.25) is 0 Å². The smallest absolute Gasteiger partial charge is 0.185 e. The summed E-state index contributed by atoms with van der Waals surface area (Å²) in [7, 11) is 0. The first kappa shape index (κ1) is 15.1. The van der Waals surface area contributed by atoms with Gasteiger partial charge in [0.05, 0.1) is 17.2 Å². The predicted octanol–water partition coefficient (Wildman–Crippen LogP) is 3.31. The summed E-state index contributed by atoms with van der Waals surface area (Å²) >= 11 is 3.72. The van der Waals surface area contributed by atoms with Gasteiger partial charge in [-0.15, -0.1) is 0 Å². The van der Waals surface area contributed by atoms with E-state index < -0.39 is 0 Å². The van der Waals surface area contributed by atoms with E-state index >= 15 is 0 Å². The number of aliphatic hydroxyl groups is 1. The molecule has 1 aromatic heterocycles. The summed E-state index contributed by atoms with van der Waals surface area (Å²) in [6.07, 6.45) is 3.24. The van der Waals surface area contributed by atoms with Crippen LogP contribution in [0.3, 0.4) is 0 Å². The lowest BCUT2D eigenvalue weighted by Crippen LogP contribution is -2.26. The third-order valence-electron chi connectivity index (χ3n) is 3.51. The minimum Gasteiger partial charge on any atom is -0.391 e. The number of thioether (sulfide) groups is 1. The number of rotatable bonds is 4. The fraction of sp³-hybridized carbons (Fsp3) is 0.786. The summed E-state index contributed by atoms with van der Waals surface area (Å²) in [6, 6.07) is 0. The van der Waals surface area contributed by atoms with E-state index in [1.807, 2.05) is 0 Å². The molecule has 0 amide bonds. The Morgan fingerprint density at radius 2 is 2.16 bits per heavy atom. The molecular formula is C14H24N2OS2. The highest BCUT2D eigenvalue weighted by Gasteiger charge is 2.25. The van der Waals surface area contributed by atoms with Crippen molar-refractivity contribution in [1.29, 1.82) is 0 Å². The van der Waals surface area contributed by atoms with Crippen molar-refractivity contribution in [2.45, 2.75) is 51.4 Å². The van der Waals surface area contributed by atoms with Crippen LogP contribution in [-0.4, -0.2) is 33.7 Å². The topological polar surface area (TPSA) is 36.4 Å². The molecule has 1 aliphatic rings. The van der Waals surface area contributed by atoms with Crippen LogP contribution in [0.4, 0.5) is 5.13 Å². The fourth-order valence-corrected chi connectivity index (χ4v) is 4.39. The second-order valence-electron chi connectivity index (χ2n) is 5.62. The Hall–Kier alpha value is -0.260. The van der Waals surface area contributed by atoms with Crippen molar-refractivity contribution in [2.24, 2.45) is 0 Å². The molecule has 1 aromatic rings. The molecule has 2 heterocycles. The van der Waals surface area contributed by atoms with Gasteiger partial charge in [-0.05, 0) is 12.8 Å². The van der Waals surface area contributed by atoms with Gasteiger partial charge in [-0.2, -0.15) is 11.8 Å². The Labute approximate surface area is 124 Å². The zero-order chi connectivity index (χ0) is 13.9. The largest absolute Gasteiger partial charge is 0.391 e. The molecule has 0 aliphatic carbocycles. The van der Waals surface area contributed by atoms with E-state index in [2.05, 4.69) is 37.4 Å². The zero-order valence-electron chi connectivity index (χ0n) is 12.1. The molecule has 0 unspecified atom stereocenters. The zero-order valence-corrected chi connectivity index (χ0v) is 13.7. The first-order valence-electron chi connectivity index (χ1n) is 7.04. The van der Waals surface area contributed by atoms with Crippen LogP contribution < -0.4 is 4.90 Å². The average molecular weight is 300 g/mol. The number of hydrogen-bond acceptors (Lipinski definition) is 5. The first-order chi connectivity index (χ1) is 9.05. The SMILES string of the molecule is CCCc1nc(N2CCSC(C)(C)CC2)sc1CO. The maximum atomic E-state index is 9.44. The fourth-order valence-electron chi connectivity index (χ4n) is 2.27. The summed E-state index contributed by atoms with van der Waals surface area (Å²) in [6.45, 7) is 9.07. The van der Waals surface area contributed by atoms with Gasteiger partial charge in [-0.25, -0.2) is 4.98 Å². The highest BCUT2D eigenvalue weighted by atomic mass is 32.2. The molecule has 1 N–H and O–H groups in total. The Kier molecular flexibility index (Phi) is 5.15. The van der Waals surface area contributed by atoms with Gasteiger partial charge in [0.15, 0.2) is 5.13 Å². The monoisotopic (exact) mass is 300 g/mol.